The number of anilines is 1. The van der Waals surface area contributed by atoms with Gasteiger partial charge in [-0.1, -0.05) is 17.7 Å². The molecule has 0 radical (unpaired) electrons. The van der Waals surface area contributed by atoms with E-state index >= 15 is 0 Å². The fourth-order valence-corrected chi connectivity index (χ4v) is 5.21. The summed E-state index contributed by atoms with van der Waals surface area (Å²) in [5, 5.41) is 3.69. The summed E-state index contributed by atoms with van der Waals surface area (Å²) in [4.78, 5) is 14.3. The topological polar surface area (TPSA) is 66.5 Å². The average Bonchev–Trinajstić information content (AvgIpc) is 2.63. The van der Waals surface area contributed by atoms with Crippen LogP contribution in [0.15, 0.2) is 24.3 Å². The molecular weight excluding hydrogens is 312 g/mol. The second-order valence-electron chi connectivity index (χ2n) is 6.18. The van der Waals surface area contributed by atoms with Crippen molar-refractivity contribution in [1.82, 2.24) is 5.32 Å². The highest BCUT2D eigenvalue weighted by Crippen LogP contribution is 2.33. The standard InChI is InChI=1S/C14H17ClN2O3S/c1-14(2)13(18)17(10-5-3-4-9(15)6-10)12-8-21(19,20)7-11(12)16-14/h3-6,11-12,16H,7-8H2,1-2H3/t11-,12+/m1/s1. The minimum absolute atomic E-state index is 0.0149. The van der Waals surface area contributed by atoms with Crippen LogP contribution in [0.5, 0.6) is 0 Å². The molecule has 0 spiro atoms. The number of sulfone groups is 1. The van der Waals surface area contributed by atoms with Gasteiger partial charge in [-0.3, -0.25) is 10.1 Å². The molecule has 2 aliphatic heterocycles. The predicted molar refractivity (Wildman–Crippen MR) is 82.4 cm³/mol. The fourth-order valence-electron chi connectivity index (χ4n) is 3.13. The first-order valence-corrected chi connectivity index (χ1v) is 8.97. The number of hydrogen-bond acceptors (Lipinski definition) is 4. The number of amides is 1. The van der Waals surface area contributed by atoms with Crippen molar-refractivity contribution in [2.24, 2.45) is 0 Å². The van der Waals surface area contributed by atoms with Crippen LogP contribution in [-0.2, 0) is 14.6 Å². The third kappa shape index (κ3) is 2.56. The van der Waals surface area contributed by atoms with Crippen molar-refractivity contribution in [2.75, 3.05) is 16.4 Å². The fraction of sp³-hybridized carbons (Fsp3) is 0.500. The Kier molecular flexibility index (Phi) is 3.31. The lowest BCUT2D eigenvalue weighted by Gasteiger charge is -2.45. The molecule has 2 heterocycles. The van der Waals surface area contributed by atoms with Gasteiger partial charge in [0.05, 0.1) is 23.1 Å². The summed E-state index contributed by atoms with van der Waals surface area (Å²) in [6.45, 7) is 3.54. The van der Waals surface area contributed by atoms with E-state index in [0.29, 0.717) is 10.7 Å². The first-order chi connectivity index (χ1) is 9.70. The molecule has 0 unspecified atom stereocenters. The van der Waals surface area contributed by atoms with E-state index in [1.54, 1.807) is 43.0 Å². The van der Waals surface area contributed by atoms with Crippen LogP contribution in [0.25, 0.3) is 0 Å². The van der Waals surface area contributed by atoms with Gasteiger partial charge in [-0.05, 0) is 32.0 Å². The van der Waals surface area contributed by atoms with Gasteiger partial charge in [0, 0.05) is 16.8 Å². The van der Waals surface area contributed by atoms with Gasteiger partial charge in [0.25, 0.3) is 0 Å². The summed E-state index contributed by atoms with van der Waals surface area (Å²) in [5.74, 6) is -0.0899. The number of fused-ring (bicyclic) bond motifs is 1. The molecule has 2 fully saturated rings. The Morgan fingerprint density at radius 1 is 1.33 bits per heavy atom. The van der Waals surface area contributed by atoms with Crippen LogP contribution < -0.4 is 10.2 Å². The number of nitrogens with one attached hydrogen (secondary N) is 1. The van der Waals surface area contributed by atoms with E-state index in [2.05, 4.69) is 5.32 Å². The maximum atomic E-state index is 12.7. The van der Waals surface area contributed by atoms with Crippen LogP contribution in [0.3, 0.4) is 0 Å². The molecule has 0 aliphatic carbocycles. The Morgan fingerprint density at radius 2 is 2.05 bits per heavy atom. The summed E-state index contributed by atoms with van der Waals surface area (Å²) < 4.78 is 23.9. The minimum atomic E-state index is -3.14. The molecule has 3 rings (SSSR count). The molecule has 7 heteroatoms. The van der Waals surface area contributed by atoms with Gasteiger partial charge in [0.15, 0.2) is 9.84 Å². The van der Waals surface area contributed by atoms with Crippen LogP contribution in [-0.4, -0.2) is 43.5 Å². The molecule has 1 aromatic rings. The SMILES string of the molecule is CC1(C)N[C@@H]2CS(=O)(=O)C[C@@H]2N(c2cccc(Cl)c2)C1=O. The largest absolute Gasteiger partial charge is 0.305 e. The molecule has 114 valence electrons. The van der Waals surface area contributed by atoms with Crippen molar-refractivity contribution < 1.29 is 13.2 Å². The first-order valence-electron chi connectivity index (χ1n) is 6.77. The molecule has 0 saturated carbocycles. The highest BCUT2D eigenvalue weighted by molar-refractivity contribution is 7.91. The van der Waals surface area contributed by atoms with Crippen molar-refractivity contribution in [3.63, 3.8) is 0 Å². The molecule has 21 heavy (non-hydrogen) atoms. The highest BCUT2D eigenvalue weighted by Gasteiger charge is 2.52. The quantitative estimate of drug-likeness (QED) is 0.842. The van der Waals surface area contributed by atoms with Gasteiger partial charge in [-0.15, -0.1) is 0 Å². The second kappa shape index (κ2) is 4.69. The third-order valence-electron chi connectivity index (χ3n) is 4.04. The lowest BCUT2D eigenvalue weighted by Crippen LogP contribution is -2.69. The van der Waals surface area contributed by atoms with Gasteiger partial charge >= 0.3 is 0 Å². The zero-order valence-corrected chi connectivity index (χ0v) is 13.4. The van der Waals surface area contributed by atoms with E-state index in [1.165, 1.54) is 0 Å². The molecule has 5 nitrogen and oxygen atoms in total. The Balaban J connectivity index is 2.08. The van der Waals surface area contributed by atoms with Crippen LogP contribution >= 0.6 is 11.6 Å². The first kappa shape index (κ1) is 14.8. The maximum absolute atomic E-state index is 12.7. The minimum Gasteiger partial charge on any atom is -0.305 e. The monoisotopic (exact) mass is 328 g/mol. The third-order valence-corrected chi connectivity index (χ3v) is 5.99. The molecule has 1 amide bonds. The van der Waals surface area contributed by atoms with Crippen molar-refractivity contribution in [3.05, 3.63) is 29.3 Å². The molecule has 1 N–H and O–H groups in total. The Morgan fingerprint density at radius 3 is 2.71 bits per heavy atom. The van der Waals surface area contributed by atoms with Gasteiger partial charge in [0.1, 0.15) is 0 Å². The number of piperazine rings is 1. The highest BCUT2D eigenvalue weighted by atomic mass is 35.5. The van der Waals surface area contributed by atoms with Crippen molar-refractivity contribution >= 4 is 33.0 Å². The Bertz CT molecular complexity index is 702. The molecule has 0 bridgehead atoms. The number of benzene rings is 1. The predicted octanol–water partition coefficient (Wildman–Crippen LogP) is 1.22. The number of nitrogens with zero attached hydrogens (tertiary/aromatic N) is 1. The smallest absolute Gasteiger partial charge is 0.247 e. The van der Waals surface area contributed by atoms with Crippen molar-refractivity contribution in [2.45, 2.75) is 31.5 Å². The van der Waals surface area contributed by atoms with E-state index in [0.717, 1.165) is 0 Å². The van der Waals surface area contributed by atoms with Gasteiger partial charge in [0.2, 0.25) is 5.91 Å². The van der Waals surface area contributed by atoms with Crippen LogP contribution in [0.4, 0.5) is 5.69 Å². The number of carbonyl (C=O) groups is 1. The summed E-state index contributed by atoms with van der Waals surface area (Å²) in [6, 6.07) is 6.34. The molecular formula is C14H17ClN2O3S. The van der Waals surface area contributed by atoms with Gasteiger partial charge in [-0.25, -0.2) is 8.42 Å². The number of rotatable bonds is 1. The lowest BCUT2D eigenvalue weighted by atomic mass is 9.93. The Labute approximate surface area is 129 Å². The molecule has 0 aromatic heterocycles. The Hall–Kier alpha value is -1.11. The average molecular weight is 329 g/mol. The maximum Gasteiger partial charge on any atom is 0.247 e. The van der Waals surface area contributed by atoms with E-state index in [4.69, 9.17) is 11.6 Å². The summed E-state index contributed by atoms with van der Waals surface area (Å²) in [7, 11) is -3.14. The second-order valence-corrected chi connectivity index (χ2v) is 8.77. The summed E-state index contributed by atoms with van der Waals surface area (Å²) >= 11 is 6.01. The van der Waals surface area contributed by atoms with Crippen LogP contribution in [0.1, 0.15) is 13.8 Å². The lowest BCUT2D eigenvalue weighted by molar-refractivity contribution is -0.126. The van der Waals surface area contributed by atoms with E-state index < -0.39 is 15.4 Å². The van der Waals surface area contributed by atoms with Crippen molar-refractivity contribution in [1.29, 1.82) is 0 Å². The van der Waals surface area contributed by atoms with Crippen LogP contribution in [0, 0.1) is 0 Å². The molecule has 2 atom stereocenters. The van der Waals surface area contributed by atoms with E-state index in [9.17, 15) is 13.2 Å². The van der Waals surface area contributed by atoms with Crippen LogP contribution in [0.2, 0.25) is 5.02 Å². The number of carbonyl (C=O) groups excluding carboxylic acids is 1. The van der Waals surface area contributed by atoms with E-state index in [-0.39, 0.29) is 29.5 Å². The van der Waals surface area contributed by atoms with Crippen molar-refractivity contribution in [3.8, 4) is 0 Å². The van der Waals surface area contributed by atoms with Gasteiger partial charge < -0.3 is 4.90 Å². The number of hydrogen-bond donors (Lipinski definition) is 1. The summed E-state index contributed by atoms with van der Waals surface area (Å²) in [6.07, 6.45) is 0. The zero-order chi connectivity index (χ0) is 15.4. The summed E-state index contributed by atoms with van der Waals surface area (Å²) in [5.41, 5.74) is -0.155. The van der Waals surface area contributed by atoms with E-state index in [1.807, 2.05) is 0 Å². The molecule has 2 aliphatic rings. The normalized spacial score (nSPS) is 30.2. The molecule has 1 aromatic carbocycles. The number of halogens is 1. The zero-order valence-electron chi connectivity index (χ0n) is 11.8. The molecule has 2 saturated heterocycles. The van der Waals surface area contributed by atoms with Gasteiger partial charge in [-0.2, -0.15) is 0 Å².